The quantitative estimate of drug-likeness (QED) is 0.675. The molecule has 1 aliphatic carbocycles. The summed E-state index contributed by atoms with van der Waals surface area (Å²) >= 11 is 9.28. The fourth-order valence-electron chi connectivity index (χ4n) is 2.59. The molecule has 108 valence electrons. The van der Waals surface area contributed by atoms with Crippen molar-refractivity contribution in [2.24, 2.45) is 0 Å². The number of halogens is 2. The summed E-state index contributed by atoms with van der Waals surface area (Å²) in [4.78, 5) is 2.16. The maximum atomic E-state index is 13.1. The van der Waals surface area contributed by atoms with Crippen LogP contribution < -0.4 is 0 Å². The Morgan fingerprint density at radius 3 is 2.43 bits per heavy atom. The van der Waals surface area contributed by atoms with Crippen LogP contribution in [0.3, 0.4) is 0 Å². The number of hydrogen-bond donors (Lipinski definition) is 0. The van der Waals surface area contributed by atoms with Crippen LogP contribution in [0.4, 0.5) is 4.39 Å². The van der Waals surface area contributed by atoms with Crippen molar-refractivity contribution in [3.8, 4) is 0 Å². The lowest BCUT2D eigenvalue weighted by Crippen LogP contribution is -2.10. The van der Waals surface area contributed by atoms with E-state index < -0.39 is 9.45 Å². The van der Waals surface area contributed by atoms with E-state index in [0.29, 0.717) is 0 Å². The summed E-state index contributed by atoms with van der Waals surface area (Å²) in [7, 11) is -0.469. The molecule has 0 spiro atoms. The van der Waals surface area contributed by atoms with Crippen molar-refractivity contribution in [1.29, 1.82) is 0 Å². The first-order chi connectivity index (χ1) is 9.88. The van der Waals surface area contributed by atoms with Gasteiger partial charge in [-0.05, 0) is 58.7 Å². The Hall–Kier alpha value is -0.840. The third-order valence-corrected chi connectivity index (χ3v) is 6.71. The average Bonchev–Trinajstić information content (AvgIpc) is 2.71. The molecule has 1 aliphatic rings. The van der Waals surface area contributed by atoms with Crippen molar-refractivity contribution in [1.82, 2.24) is 0 Å². The summed E-state index contributed by atoms with van der Waals surface area (Å²) in [6.07, 6.45) is 2.25. The zero-order valence-corrected chi connectivity index (χ0v) is 14.9. The lowest BCUT2D eigenvalue weighted by atomic mass is 9.87. The van der Waals surface area contributed by atoms with E-state index in [-0.39, 0.29) is 11.2 Å². The maximum Gasteiger partial charge on any atom is 0.123 e. The second-order valence-corrected chi connectivity index (χ2v) is 9.01. The number of benzene rings is 2. The van der Waals surface area contributed by atoms with Crippen LogP contribution in [0.5, 0.6) is 0 Å². The third kappa shape index (κ3) is 2.77. The van der Waals surface area contributed by atoms with Crippen molar-refractivity contribution < 1.29 is 4.39 Å². The van der Waals surface area contributed by atoms with Gasteiger partial charge in [0, 0.05) is 19.7 Å². The summed E-state index contributed by atoms with van der Waals surface area (Å²) in [5.41, 5.74) is 2.47. The molecule has 0 heterocycles. The first kappa shape index (κ1) is 15.1. The van der Waals surface area contributed by atoms with Crippen LogP contribution in [0.15, 0.2) is 57.9 Å². The minimum atomic E-state index is -0.469. The normalized spacial score (nSPS) is 17.2. The molecule has 0 N–H and O–H groups in total. The lowest BCUT2D eigenvalue weighted by Gasteiger charge is -2.17. The van der Waals surface area contributed by atoms with Gasteiger partial charge in [-0.15, -0.1) is 0 Å². The van der Waals surface area contributed by atoms with Gasteiger partial charge in [-0.25, -0.2) is 4.39 Å². The van der Waals surface area contributed by atoms with Gasteiger partial charge in [0.05, 0.1) is 0 Å². The second kappa shape index (κ2) is 5.41. The number of rotatable bonds is 2. The zero-order valence-electron chi connectivity index (χ0n) is 11.7. The molecule has 2 aromatic rings. The largest absolute Gasteiger partial charge is 0.207 e. The van der Waals surface area contributed by atoms with Gasteiger partial charge in [0.15, 0.2) is 0 Å². The number of fused-ring (bicyclic) bond motifs is 1. The molecule has 2 aromatic carbocycles. The Morgan fingerprint density at radius 2 is 1.76 bits per heavy atom. The predicted molar refractivity (Wildman–Crippen MR) is 94.5 cm³/mol. The fraction of sp³-hybridized carbons (Fsp3) is 0.176. The summed E-state index contributed by atoms with van der Waals surface area (Å²) in [6.45, 7) is 4.39. The highest BCUT2D eigenvalue weighted by atomic mass is 79.9. The van der Waals surface area contributed by atoms with E-state index in [2.05, 4.69) is 48.0 Å². The molecule has 0 saturated carbocycles. The summed E-state index contributed by atoms with van der Waals surface area (Å²) in [5, 5.41) is 0. The number of allylic oxidation sites excluding steroid dienone is 1. The van der Waals surface area contributed by atoms with Crippen LogP contribution in [-0.4, -0.2) is 0 Å². The van der Waals surface area contributed by atoms with Crippen molar-refractivity contribution in [2.45, 2.75) is 24.2 Å². The van der Waals surface area contributed by atoms with Gasteiger partial charge in [0.1, 0.15) is 5.82 Å². The second-order valence-electron chi connectivity index (χ2n) is 5.64. The molecule has 4 heteroatoms. The summed E-state index contributed by atoms with van der Waals surface area (Å²) in [6, 6.07) is 12.9. The smallest absolute Gasteiger partial charge is 0.123 e. The topological polar surface area (TPSA) is 0 Å². The molecule has 0 fully saturated rings. The van der Waals surface area contributed by atoms with Crippen LogP contribution >= 0.6 is 15.9 Å². The molecule has 1 atom stereocenters. The fourth-order valence-corrected chi connectivity index (χ4v) is 5.11. The van der Waals surface area contributed by atoms with Gasteiger partial charge < -0.3 is 0 Å². The van der Waals surface area contributed by atoms with E-state index in [1.165, 1.54) is 28.2 Å². The van der Waals surface area contributed by atoms with Gasteiger partial charge in [-0.1, -0.05) is 51.4 Å². The highest BCUT2D eigenvalue weighted by molar-refractivity contribution is 9.10. The predicted octanol–water partition coefficient (Wildman–Crippen LogP) is 5.36. The molecular weight excluding hydrogens is 367 g/mol. The van der Waals surface area contributed by atoms with Crippen molar-refractivity contribution in [3.63, 3.8) is 0 Å². The van der Waals surface area contributed by atoms with E-state index >= 15 is 0 Å². The monoisotopic (exact) mass is 380 g/mol. The van der Waals surface area contributed by atoms with E-state index in [0.717, 1.165) is 9.37 Å². The number of hydrogen-bond acceptors (Lipinski definition) is 1. The van der Waals surface area contributed by atoms with Crippen LogP contribution in [0, 0.1) is 5.82 Å². The Labute approximate surface area is 139 Å². The zero-order chi connectivity index (χ0) is 15.2. The van der Waals surface area contributed by atoms with E-state index in [4.69, 9.17) is 11.2 Å². The minimum absolute atomic E-state index is 0.0292. The molecule has 0 saturated heterocycles. The molecule has 0 amide bonds. The average molecular weight is 381 g/mol. The van der Waals surface area contributed by atoms with Gasteiger partial charge in [0.2, 0.25) is 0 Å². The van der Waals surface area contributed by atoms with Crippen LogP contribution in [0.25, 0.3) is 4.91 Å². The van der Waals surface area contributed by atoms with Gasteiger partial charge >= 0.3 is 0 Å². The van der Waals surface area contributed by atoms with Crippen LogP contribution in [0.2, 0.25) is 0 Å². The molecular formula is C17H14BrFS2. The molecule has 0 bridgehead atoms. The highest BCUT2D eigenvalue weighted by Gasteiger charge is 2.31. The summed E-state index contributed by atoms with van der Waals surface area (Å²) < 4.78 is 14.2. The Balaban J connectivity index is 2.08. The van der Waals surface area contributed by atoms with Crippen molar-refractivity contribution in [2.75, 3.05) is 0 Å². The van der Waals surface area contributed by atoms with E-state index in [9.17, 15) is 4.39 Å². The van der Waals surface area contributed by atoms with Crippen LogP contribution in [0.1, 0.15) is 25.0 Å². The molecule has 0 aromatic heterocycles. The molecule has 3 rings (SSSR count). The molecule has 0 nitrogen and oxygen atoms in total. The minimum Gasteiger partial charge on any atom is -0.207 e. The molecule has 0 radical (unpaired) electrons. The first-order valence-corrected chi connectivity index (χ1v) is 9.53. The Morgan fingerprint density at radius 1 is 1.10 bits per heavy atom. The molecule has 1 unspecified atom stereocenters. The highest BCUT2D eigenvalue weighted by Crippen LogP contribution is 2.44. The molecule has 0 aliphatic heterocycles. The standard InChI is InChI=1S/C17H14BrFS2/c1-17(2)10-16(14-8-3-11(18)9-15(14)17)21(20)13-6-4-12(19)5-7-13/h3-10H,1-2H3. The first-order valence-electron chi connectivity index (χ1n) is 6.59. The Kier molecular flexibility index (Phi) is 3.89. The van der Waals surface area contributed by atoms with Gasteiger partial charge in [-0.2, -0.15) is 0 Å². The maximum absolute atomic E-state index is 13.1. The summed E-state index contributed by atoms with van der Waals surface area (Å²) in [5.74, 6) is -0.226. The Bertz CT molecular complexity index is 761. The molecule has 21 heavy (non-hydrogen) atoms. The third-order valence-electron chi connectivity index (χ3n) is 3.66. The van der Waals surface area contributed by atoms with Gasteiger partial charge in [0.25, 0.3) is 0 Å². The lowest BCUT2D eigenvalue weighted by molar-refractivity contribution is 0.626. The van der Waals surface area contributed by atoms with Crippen molar-refractivity contribution >= 4 is 41.5 Å². The SMILES string of the molecule is CC1(C)C=C(S(=S)c2ccc(F)cc2)c2ccc(Br)cc21. The van der Waals surface area contributed by atoms with E-state index in [1.54, 1.807) is 12.1 Å². The van der Waals surface area contributed by atoms with Crippen LogP contribution in [-0.2, 0) is 26.1 Å². The van der Waals surface area contributed by atoms with Crippen molar-refractivity contribution in [3.05, 3.63) is 70.0 Å². The van der Waals surface area contributed by atoms with E-state index in [1.807, 2.05) is 6.07 Å². The van der Waals surface area contributed by atoms with Gasteiger partial charge in [-0.3, -0.25) is 0 Å².